The number of aryl methyl sites for hydroxylation is 1. The molecule has 198 valence electrons. The van der Waals surface area contributed by atoms with E-state index in [-0.39, 0.29) is 24.4 Å². The predicted molar refractivity (Wildman–Crippen MR) is 144 cm³/mol. The van der Waals surface area contributed by atoms with Gasteiger partial charge in [-0.3, -0.25) is 9.59 Å². The molecule has 0 aliphatic rings. The molecule has 3 rings (SSSR count). The highest BCUT2D eigenvalue weighted by Crippen LogP contribution is 2.28. The van der Waals surface area contributed by atoms with Gasteiger partial charge >= 0.3 is 0 Å². The van der Waals surface area contributed by atoms with Crippen molar-refractivity contribution in [1.29, 1.82) is 0 Å². The molecule has 0 bridgehead atoms. The summed E-state index contributed by atoms with van der Waals surface area (Å²) in [4.78, 5) is 30.5. The third-order valence-electron chi connectivity index (χ3n) is 6.70. The average molecular weight is 507 g/mol. The summed E-state index contributed by atoms with van der Waals surface area (Å²) in [6.07, 6.45) is 3.86. The fraction of sp³-hybridized carbons (Fsp3) is 0.400. The summed E-state index contributed by atoms with van der Waals surface area (Å²) in [5.74, 6) is 1.73. The molecule has 0 spiro atoms. The number of carbonyl (C=O) groups excluding carboxylic acids is 2. The van der Waals surface area contributed by atoms with Gasteiger partial charge in [-0.2, -0.15) is 0 Å². The van der Waals surface area contributed by atoms with Crippen molar-refractivity contribution >= 4 is 11.8 Å². The lowest BCUT2D eigenvalue weighted by Gasteiger charge is -2.31. The van der Waals surface area contributed by atoms with Crippen LogP contribution in [0.2, 0.25) is 0 Å². The standard InChI is InChI=1S/C30H38N2O5/c1-6-22(3)32(30(34)25-13-10-23(7-2)11-14-25)21-29(33)31(20-26-9-8-18-37-26)17-16-24-12-15-27(35-4)28(19-24)36-5/h8-15,18-19,22H,6-7,16-17,20-21H2,1-5H3. The zero-order valence-electron chi connectivity index (χ0n) is 22.5. The Morgan fingerprint density at radius 2 is 1.65 bits per heavy atom. The first-order chi connectivity index (χ1) is 17.9. The van der Waals surface area contributed by atoms with E-state index in [1.807, 2.05) is 62.4 Å². The summed E-state index contributed by atoms with van der Waals surface area (Å²) in [6.45, 7) is 6.86. The van der Waals surface area contributed by atoms with Gasteiger partial charge in [0.25, 0.3) is 5.91 Å². The molecule has 3 aromatic rings. The van der Waals surface area contributed by atoms with E-state index in [2.05, 4.69) is 6.92 Å². The first kappa shape index (κ1) is 27.8. The molecular formula is C30H38N2O5. The predicted octanol–water partition coefficient (Wildman–Crippen LogP) is 5.37. The van der Waals surface area contributed by atoms with E-state index >= 15 is 0 Å². The van der Waals surface area contributed by atoms with Gasteiger partial charge in [0.1, 0.15) is 12.3 Å². The highest BCUT2D eigenvalue weighted by molar-refractivity contribution is 5.96. The highest BCUT2D eigenvalue weighted by atomic mass is 16.5. The van der Waals surface area contributed by atoms with Crippen LogP contribution in [0.25, 0.3) is 0 Å². The molecule has 1 aromatic heterocycles. The minimum absolute atomic E-state index is 0.00396. The molecule has 7 nitrogen and oxygen atoms in total. The van der Waals surface area contributed by atoms with Gasteiger partial charge in [0.15, 0.2) is 11.5 Å². The third kappa shape index (κ3) is 7.38. The van der Waals surface area contributed by atoms with E-state index in [0.717, 1.165) is 18.4 Å². The van der Waals surface area contributed by atoms with E-state index in [1.54, 1.807) is 36.3 Å². The molecule has 0 radical (unpaired) electrons. The van der Waals surface area contributed by atoms with Gasteiger partial charge in [0.2, 0.25) is 5.91 Å². The molecule has 0 saturated carbocycles. The molecule has 7 heteroatoms. The Morgan fingerprint density at radius 3 is 2.24 bits per heavy atom. The quantitative estimate of drug-likeness (QED) is 0.312. The van der Waals surface area contributed by atoms with Gasteiger partial charge < -0.3 is 23.7 Å². The first-order valence-corrected chi connectivity index (χ1v) is 12.8. The van der Waals surface area contributed by atoms with Crippen LogP contribution < -0.4 is 9.47 Å². The minimum Gasteiger partial charge on any atom is -0.493 e. The number of hydrogen-bond acceptors (Lipinski definition) is 5. The molecule has 2 aromatic carbocycles. The Morgan fingerprint density at radius 1 is 0.946 bits per heavy atom. The van der Waals surface area contributed by atoms with Crippen LogP contribution in [0.5, 0.6) is 11.5 Å². The fourth-order valence-electron chi connectivity index (χ4n) is 4.13. The van der Waals surface area contributed by atoms with E-state index in [9.17, 15) is 9.59 Å². The van der Waals surface area contributed by atoms with Crippen molar-refractivity contribution in [3.05, 3.63) is 83.3 Å². The molecule has 0 fully saturated rings. The number of amides is 2. The van der Waals surface area contributed by atoms with Crippen LogP contribution >= 0.6 is 0 Å². The number of rotatable bonds is 13. The maximum absolute atomic E-state index is 13.6. The monoisotopic (exact) mass is 506 g/mol. The van der Waals surface area contributed by atoms with E-state index < -0.39 is 0 Å². The fourth-order valence-corrected chi connectivity index (χ4v) is 4.13. The summed E-state index contributed by atoms with van der Waals surface area (Å²) < 4.78 is 16.3. The molecule has 0 N–H and O–H groups in total. The Bertz CT molecular complexity index is 1140. The maximum atomic E-state index is 13.6. The van der Waals surface area contributed by atoms with Crippen LogP contribution in [0, 0.1) is 0 Å². The number of methoxy groups -OCH3 is 2. The maximum Gasteiger partial charge on any atom is 0.254 e. The first-order valence-electron chi connectivity index (χ1n) is 12.8. The Labute approximate surface area is 220 Å². The molecule has 1 atom stereocenters. The van der Waals surface area contributed by atoms with Gasteiger partial charge in [-0.05, 0) is 73.7 Å². The Kier molecular flexibility index (Phi) is 10.2. The smallest absolute Gasteiger partial charge is 0.254 e. The van der Waals surface area contributed by atoms with Gasteiger partial charge in [-0.1, -0.05) is 32.0 Å². The van der Waals surface area contributed by atoms with Crippen molar-refractivity contribution < 1.29 is 23.5 Å². The van der Waals surface area contributed by atoms with E-state index in [1.165, 1.54) is 5.56 Å². The van der Waals surface area contributed by atoms with Gasteiger partial charge in [-0.25, -0.2) is 0 Å². The van der Waals surface area contributed by atoms with Crippen LogP contribution in [0.15, 0.2) is 65.3 Å². The number of ether oxygens (including phenoxy) is 2. The zero-order chi connectivity index (χ0) is 26.8. The Balaban J connectivity index is 1.79. The molecule has 0 saturated heterocycles. The van der Waals surface area contributed by atoms with Crippen molar-refractivity contribution in [3.63, 3.8) is 0 Å². The van der Waals surface area contributed by atoms with Gasteiger partial charge in [0, 0.05) is 18.2 Å². The van der Waals surface area contributed by atoms with Crippen molar-refractivity contribution in [1.82, 2.24) is 9.80 Å². The van der Waals surface area contributed by atoms with Gasteiger partial charge in [0.05, 0.1) is 27.0 Å². The highest BCUT2D eigenvalue weighted by Gasteiger charge is 2.26. The lowest BCUT2D eigenvalue weighted by molar-refractivity contribution is -0.133. The molecule has 0 aliphatic carbocycles. The second kappa shape index (κ2) is 13.5. The average Bonchev–Trinajstić information content (AvgIpc) is 3.46. The van der Waals surface area contributed by atoms with E-state index in [4.69, 9.17) is 13.9 Å². The SMILES string of the molecule is CCc1ccc(C(=O)N(CC(=O)N(CCc2ccc(OC)c(OC)c2)Cc2ccco2)C(C)CC)cc1. The van der Waals surface area contributed by atoms with Crippen LogP contribution in [-0.4, -0.2) is 55.0 Å². The minimum atomic E-state index is -0.136. The summed E-state index contributed by atoms with van der Waals surface area (Å²) in [6, 6.07) is 16.9. The summed E-state index contributed by atoms with van der Waals surface area (Å²) in [5.41, 5.74) is 2.77. The second-order valence-corrected chi connectivity index (χ2v) is 9.07. The number of furan rings is 1. The topological polar surface area (TPSA) is 72.2 Å². The van der Waals surface area contributed by atoms with Crippen LogP contribution in [0.3, 0.4) is 0 Å². The number of benzene rings is 2. The largest absolute Gasteiger partial charge is 0.493 e. The summed E-state index contributed by atoms with van der Waals surface area (Å²) in [5, 5.41) is 0. The normalized spacial score (nSPS) is 11.6. The number of hydrogen-bond donors (Lipinski definition) is 0. The van der Waals surface area contributed by atoms with Crippen molar-refractivity contribution in [3.8, 4) is 11.5 Å². The molecule has 0 aliphatic heterocycles. The molecular weight excluding hydrogens is 468 g/mol. The number of nitrogens with zero attached hydrogens (tertiary/aromatic N) is 2. The second-order valence-electron chi connectivity index (χ2n) is 9.07. The van der Waals surface area contributed by atoms with Crippen molar-refractivity contribution in [2.75, 3.05) is 27.3 Å². The molecule has 37 heavy (non-hydrogen) atoms. The van der Waals surface area contributed by atoms with Crippen LogP contribution in [0.1, 0.15) is 54.4 Å². The molecule has 1 unspecified atom stereocenters. The van der Waals surface area contributed by atoms with Crippen molar-refractivity contribution in [2.24, 2.45) is 0 Å². The van der Waals surface area contributed by atoms with Gasteiger partial charge in [-0.15, -0.1) is 0 Å². The molecule has 2 amide bonds. The Hall–Kier alpha value is -3.74. The lowest BCUT2D eigenvalue weighted by atomic mass is 10.1. The van der Waals surface area contributed by atoms with Crippen LogP contribution in [-0.2, 0) is 24.2 Å². The molecule has 1 heterocycles. The lowest BCUT2D eigenvalue weighted by Crippen LogP contribution is -2.46. The number of carbonyl (C=O) groups is 2. The third-order valence-corrected chi connectivity index (χ3v) is 6.70. The summed E-state index contributed by atoms with van der Waals surface area (Å²) >= 11 is 0. The zero-order valence-corrected chi connectivity index (χ0v) is 22.5. The van der Waals surface area contributed by atoms with Crippen LogP contribution in [0.4, 0.5) is 0 Å². The van der Waals surface area contributed by atoms with Crippen molar-refractivity contribution in [2.45, 2.75) is 52.6 Å². The summed E-state index contributed by atoms with van der Waals surface area (Å²) in [7, 11) is 3.20. The van der Waals surface area contributed by atoms with E-state index in [0.29, 0.717) is 42.3 Å².